The van der Waals surface area contributed by atoms with Crippen molar-refractivity contribution in [3.63, 3.8) is 0 Å². The number of rotatable bonds is 4. The van der Waals surface area contributed by atoms with Crippen molar-refractivity contribution in [1.29, 1.82) is 0 Å². The van der Waals surface area contributed by atoms with Gasteiger partial charge >= 0.3 is 6.18 Å². The van der Waals surface area contributed by atoms with Gasteiger partial charge in [0.05, 0.1) is 10.6 Å². The molecule has 7 nitrogen and oxygen atoms in total. The first-order valence-corrected chi connectivity index (χ1v) is 6.33. The van der Waals surface area contributed by atoms with Gasteiger partial charge < -0.3 is 5.32 Å². The highest BCUT2D eigenvalue weighted by molar-refractivity contribution is 5.92. The average Bonchev–Trinajstić information content (AvgIpc) is 2.79. The molecular formula is C13H11F3N4O3. The first kappa shape index (κ1) is 16.5. The van der Waals surface area contributed by atoms with Crippen molar-refractivity contribution in [3.8, 4) is 0 Å². The van der Waals surface area contributed by atoms with Crippen molar-refractivity contribution in [2.24, 2.45) is 0 Å². The summed E-state index contributed by atoms with van der Waals surface area (Å²) in [4.78, 5) is 22.0. The van der Waals surface area contributed by atoms with Crippen LogP contribution in [0.2, 0.25) is 0 Å². The smallest absolute Gasteiger partial charge is 0.319 e. The molecule has 23 heavy (non-hydrogen) atoms. The van der Waals surface area contributed by atoms with Gasteiger partial charge in [0, 0.05) is 6.07 Å². The molecule has 0 aliphatic carbocycles. The van der Waals surface area contributed by atoms with Crippen LogP contribution < -0.4 is 5.32 Å². The number of amides is 1. The molecule has 10 heteroatoms. The number of carbonyl (C=O) groups is 1. The molecule has 0 saturated heterocycles. The van der Waals surface area contributed by atoms with E-state index >= 15 is 0 Å². The summed E-state index contributed by atoms with van der Waals surface area (Å²) in [7, 11) is 0. The zero-order valence-corrected chi connectivity index (χ0v) is 11.8. The van der Waals surface area contributed by atoms with Crippen molar-refractivity contribution < 1.29 is 22.9 Å². The van der Waals surface area contributed by atoms with Crippen LogP contribution in [0.3, 0.4) is 0 Å². The molecule has 0 saturated carbocycles. The number of alkyl halides is 3. The van der Waals surface area contributed by atoms with E-state index in [9.17, 15) is 28.1 Å². The molecule has 0 radical (unpaired) electrons. The van der Waals surface area contributed by atoms with Crippen LogP contribution in [0.5, 0.6) is 0 Å². The van der Waals surface area contributed by atoms with Crippen LogP contribution in [0.25, 0.3) is 0 Å². The number of benzene rings is 1. The van der Waals surface area contributed by atoms with E-state index in [1.807, 2.05) is 0 Å². The number of aryl methyl sites for hydroxylation is 1. The normalized spacial score (nSPS) is 11.3. The summed E-state index contributed by atoms with van der Waals surface area (Å²) in [5, 5.41) is 16.7. The second kappa shape index (κ2) is 6.07. The van der Waals surface area contributed by atoms with Crippen LogP contribution in [0.1, 0.15) is 11.4 Å². The Morgan fingerprint density at radius 3 is 2.65 bits per heavy atom. The Morgan fingerprint density at radius 1 is 1.39 bits per heavy atom. The Bertz CT molecular complexity index is 755. The Balaban J connectivity index is 2.20. The van der Waals surface area contributed by atoms with Crippen LogP contribution in [-0.2, 0) is 17.5 Å². The van der Waals surface area contributed by atoms with Crippen molar-refractivity contribution in [3.05, 3.63) is 51.8 Å². The van der Waals surface area contributed by atoms with Gasteiger partial charge in [0.25, 0.3) is 5.69 Å². The summed E-state index contributed by atoms with van der Waals surface area (Å²) in [5.74, 6) is -0.854. The number of halogens is 3. The third-order valence-corrected chi connectivity index (χ3v) is 2.86. The van der Waals surface area contributed by atoms with E-state index in [-0.39, 0.29) is 17.1 Å². The molecule has 0 bridgehead atoms. The number of para-hydroxylation sites is 2. The second-order valence-corrected chi connectivity index (χ2v) is 4.65. The molecule has 1 aromatic carbocycles. The largest absolute Gasteiger partial charge is 0.433 e. The van der Waals surface area contributed by atoms with Gasteiger partial charge in [-0.05, 0) is 19.1 Å². The minimum Gasteiger partial charge on any atom is -0.319 e. The molecule has 122 valence electrons. The molecule has 0 aliphatic heterocycles. The van der Waals surface area contributed by atoms with Crippen molar-refractivity contribution in [1.82, 2.24) is 9.78 Å². The van der Waals surface area contributed by atoms with Gasteiger partial charge in [-0.1, -0.05) is 12.1 Å². The maximum atomic E-state index is 12.8. The summed E-state index contributed by atoms with van der Waals surface area (Å²) in [6, 6.07) is 6.15. The first-order valence-electron chi connectivity index (χ1n) is 6.33. The van der Waals surface area contributed by atoms with E-state index in [1.54, 1.807) is 0 Å². The number of nitrogens with zero attached hydrogens (tertiary/aromatic N) is 3. The lowest BCUT2D eigenvalue weighted by atomic mass is 10.2. The number of nitro groups is 1. The highest BCUT2D eigenvalue weighted by atomic mass is 19.4. The first-order chi connectivity index (χ1) is 10.7. The SMILES string of the molecule is Cc1cc(C(F)(F)F)n(CC(=O)Nc2ccccc2[N+](=O)[O-])n1. The van der Waals surface area contributed by atoms with Crippen LogP contribution >= 0.6 is 0 Å². The zero-order chi connectivity index (χ0) is 17.2. The Morgan fingerprint density at radius 2 is 2.04 bits per heavy atom. The molecule has 1 heterocycles. The Kier molecular flexibility index (Phi) is 4.34. The lowest BCUT2D eigenvalue weighted by Gasteiger charge is -2.10. The molecule has 0 atom stereocenters. The Labute approximate surface area is 127 Å². The van der Waals surface area contributed by atoms with Gasteiger partial charge in [-0.15, -0.1) is 0 Å². The van der Waals surface area contributed by atoms with Crippen molar-refractivity contribution in [2.75, 3.05) is 5.32 Å². The van der Waals surface area contributed by atoms with Crippen LogP contribution in [-0.4, -0.2) is 20.6 Å². The van der Waals surface area contributed by atoms with Crippen molar-refractivity contribution >= 4 is 17.3 Å². The molecule has 0 fully saturated rings. The number of hydrogen-bond donors (Lipinski definition) is 1. The van der Waals surface area contributed by atoms with Gasteiger partial charge in [-0.25, -0.2) is 0 Å². The molecule has 0 unspecified atom stereocenters. The van der Waals surface area contributed by atoms with Crippen LogP contribution in [0.4, 0.5) is 24.5 Å². The maximum Gasteiger partial charge on any atom is 0.433 e. The molecular weight excluding hydrogens is 317 g/mol. The van der Waals surface area contributed by atoms with Gasteiger partial charge in [-0.3, -0.25) is 19.6 Å². The van der Waals surface area contributed by atoms with E-state index in [0.29, 0.717) is 4.68 Å². The predicted octanol–water partition coefficient (Wildman–Crippen LogP) is 2.76. The number of carbonyl (C=O) groups excluding carboxylic acids is 1. The fourth-order valence-corrected chi connectivity index (χ4v) is 1.96. The minimum atomic E-state index is -4.65. The van der Waals surface area contributed by atoms with Crippen LogP contribution in [0.15, 0.2) is 30.3 Å². The quantitative estimate of drug-likeness (QED) is 0.690. The summed E-state index contributed by atoms with van der Waals surface area (Å²) >= 11 is 0. The molecule has 2 aromatic rings. The fraction of sp³-hybridized carbons (Fsp3) is 0.231. The van der Waals surface area contributed by atoms with Crippen molar-refractivity contribution in [2.45, 2.75) is 19.6 Å². The molecule has 1 aromatic heterocycles. The zero-order valence-electron chi connectivity index (χ0n) is 11.8. The van der Waals surface area contributed by atoms with Gasteiger partial charge in [0.2, 0.25) is 5.91 Å². The monoisotopic (exact) mass is 328 g/mol. The number of hydrogen-bond acceptors (Lipinski definition) is 4. The topological polar surface area (TPSA) is 90.1 Å². The maximum absolute atomic E-state index is 12.8. The minimum absolute atomic E-state index is 0.0973. The Hall–Kier alpha value is -2.91. The predicted molar refractivity (Wildman–Crippen MR) is 73.7 cm³/mol. The van der Waals surface area contributed by atoms with E-state index in [2.05, 4.69) is 10.4 Å². The lowest BCUT2D eigenvalue weighted by Crippen LogP contribution is -2.24. The number of anilines is 1. The molecule has 2 rings (SSSR count). The summed E-state index contributed by atoms with van der Waals surface area (Å²) in [6.45, 7) is 0.653. The molecule has 1 N–H and O–H groups in total. The molecule has 0 aliphatic rings. The highest BCUT2D eigenvalue weighted by Gasteiger charge is 2.35. The third-order valence-electron chi connectivity index (χ3n) is 2.86. The van der Waals surface area contributed by atoms with E-state index < -0.39 is 29.2 Å². The summed E-state index contributed by atoms with van der Waals surface area (Å²) < 4.78 is 39.0. The summed E-state index contributed by atoms with van der Waals surface area (Å²) in [6.07, 6.45) is -4.65. The van der Waals surface area contributed by atoms with Gasteiger partial charge in [0.1, 0.15) is 17.9 Å². The molecule has 0 spiro atoms. The van der Waals surface area contributed by atoms with E-state index in [1.165, 1.54) is 31.2 Å². The fourth-order valence-electron chi connectivity index (χ4n) is 1.96. The van der Waals surface area contributed by atoms with Gasteiger partial charge in [0.15, 0.2) is 0 Å². The van der Waals surface area contributed by atoms with E-state index in [4.69, 9.17) is 0 Å². The highest BCUT2D eigenvalue weighted by Crippen LogP contribution is 2.30. The second-order valence-electron chi connectivity index (χ2n) is 4.65. The number of aromatic nitrogens is 2. The lowest BCUT2D eigenvalue weighted by molar-refractivity contribution is -0.383. The average molecular weight is 328 g/mol. The molecule has 1 amide bonds. The van der Waals surface area contributed by atoms with E-state index in [0.717, 1.165) is 6.07 Å². The number of nitro benzene ring substituents is 1. The number of nitrogens with one attached hydrogen (secondary N) is 1. The summed E-state index contributed by atoms with van der Waals surface area (Å²) in [5.41, 5.74) is -1.41. The third kappa shape index (κ3) is 3.84. The standard InChI is InChI=1S/C13H11F3N4O3/c1-8-6-11(13(14,15)16)19(18-8)7-12(21)17-9-4-2-3-5-10(9)20(22)23/h2-6H,7H2,1H3,(H,17,21). The van der Waals surface area contributed by atoms with Crippen LogP contribution in [0, 0.1) is 17.0 Å². The van der Waals surface area contributed by atoms with Gasteiger partial charge in [-0.2, -0.15) is 18.3 Å².